The summed E-state index contributed by atoms with van der Waals surface area (Å²) in [6, 6.07) is 4.54. The van der Waals surface area contributed by atoms with Crippen LogP contribution in [-0.2, 0) is 4.79 Å². The van der Waals surface area contributed by atoms with Gasteiger partial charge in [0.05, 0.1) is 16.2 Å². The Balaban J connectivity index is 2.26. The Labute approximate surface area is 115 Å². The molecule has 0 bridgehead atoms. The Morgan fingerprint density at radius 2 is 2.11 bits per heavy atom. The minimum atomic E-state index is -1.19. The highest BCUT2D eigenvalue weighted by Crippen LogP contribution is 2.38. The number of rotatable bonds is 4. The number of carboxylic acids is 1. The topological polar surface area (TPSA) is 92.4 Å². The van der Waals surface area contributed by atoms with E-state index >= 15 is 0 Å². The van der Waals surface area contributed by atoms with E-state index in [-0.39, 0.29) is 28.1 Å². The van der Waals surface area contributed by atoms with Crippen LogP contribution in [0.2, 0.25) is 5.02 Å². The smallest absolute Gasteiger partial charge is 0.339 e. The number of hydrogen-bond donors (Lipinski definition) is 3. The normalized spacial score (nSPS) is 17.6. The van der Waals surface area contributed by atoms with Gasteiger partial charge >= 0.3 is 5.97 Å². The number of nitrogens with one attached hydrogen (secondary N) is 1. The molecular formula is C13H15ClN2O3. The molecule has 1 fully saturated rings. The molecule has 1 amide bonds. The number of anilines is 1. The largest absolute Gasteiger partial charge is 0.478 e. The number of carboxylic acid groups (broad SMARTS) is 1. The highest BCUT2D eigenvalue weighted by atomic mass is 35.5. The summed E-state index contributed by atoms with van der Waals surface area (Å²) in [6.07, 6.45) is 1.84. The first-order valence-electron chi connectivity index (χ1n) is 5.96. The second-order valence-electron chi connectivity index (χ2n) is 4.98. The molecule has 1 aromatic rings. The van der Waals surface area contributed by atoms with Gasteiger partial charge in [0.2, 0.25) is 5.91 Å². The fourth-order valence-corrected chi connectivity index (χ4v) is 2.23. The van der Waals surface area contributed by atoms with Gasteiger partial charge < -0.3 is 16.2 Å². The van der Waals surface area contributed by atoms with Crippen molar-refractivity contribution in [2.45, 2.75) is 25.3 Å². The number of halogens is 1. The summed E-state index contributed by atoms with van der Waals surface area (Å²) in [5.41, 5.74) is 5.04. The first kappa shape index (κ1) is 13.8. The van der Waals surface area contributed by atoms with E-state index in [1.165, 1.54) is 12.1 Å². The number of benzene rings is 1. The summed E-state index contributed by atoms with van der Waals surface area (Å²) in [5, 5.41) is 11.8. The molecule has 0 aromatic heterocycles. The standard InChI is InChI=1S/C13H15ClN2O3/c1-13(15,7-5-6-7)12(19)16-9-4-2-3-8(14)10(9)11(17)18/h2-4,7H,5-6,15H2,1H3,(H,16,19)(H,17,18). The Hall–Kier alpha value is -1.59. The van der Waals surface area contributed by atoms with Gasteiger partial charge in [0.15, 0.2) is 0 Å². The molecule has 0 saturated heterocycles. The third-order valence-corrected chi connectivity index (χ3v) is 3.71. The summed E-state index contributed by atoms with van der Waals surface area (Å²) in [7, 11) is 0. The van der Waals surface area contributed by atoms with Crippen LogP contribution in [0.25, 0.3) is 0 Å². The number of hydrogen-bond acceptors (Lipinski definition) is 3. The average Bonchev–Trinajstić information content (AvgIpc) is 3.12. The Morgan fingerprint density at radius 1 is 1.47 bits per heavy atom. The molecule has 6 heteroatoms. The third kappa shape index (κ3) is 2.72. The van der Waals surface area contributed by atoms with E-state index in [1.807, 2.05) is 0 Å². The van der Waals surface area contributed by atoms with E-state index in [1.54, 1.807) is 13.0 Å². The number of nitrogens with two attached hydrogens (primary N) is 1. The van der Waals surface area contributed by atoms with E-state index in [2.05, 4.69) is 5.32 Å². The monoisotopic (exact) mass is 282 g/mol. The van der Waals surface area contributed by atoms with Crippen molar-refractivity contribution in [3.63, 3.8) is 0 Å². The molecular weight excluding hydrogens is 268 g/mol. The lowest BCUT2D eigenvalue weighted by Crippen LogP contribution is -2.50. The molecule has 4 N–H and O–H groups in total. The van der Waals surface area contributed by atoms with Gasteiger partial charge in [0.1, 0.15) is 5.56 Å². The highest BCUT2D eigenvalue weighted by Gasteiger charge is 2.44. The van der Waals surface area contributed by atoms with Crippen molar-refractivity contribution < 1.29 is 14.7 Å². The van der Waals surface area contributed by atoms with Gasteiger partial charge in [-0.1, -0.05) is 17.7 Å². The molecule has 0 heterocycles. The molecule has 1 atom stereocenters. The van der Waals surface area contributed by atoms with Crippen LogP contribution in [0.5, 0.6) is 0 Å². The maximum absolute atomic E-state index is 12.1. The highest BCUT2D eigenvalue weighted by molar-refractivity contribution is 6.34. The van der Waals surface area contributed by atoms with Gasteiger partial charge in [0.25, 0.3) is 0 Å². The van der Waals surface area contributed by atoms with Crippen LogP contribution in [-0.4, -0.2) is 22.5 Å². The van der Waals surface area contributed by atoms with Crippen LogP contribution >= 0.6 is 11.6 Å². The molecule has 2 rings (SSSR count). The zero-order valence-corrected chi connectivity index (χ0v) is 11.2. The molecule has 5 nitrogen and oxygen atoms in total. The van der Waals surface area contributed by atoms with E-state index < -0.39 is 11.5 Å². The second kappa shape index (κ2) is 4.83. The van der Waals surface area contributed by atoms with Crippen molar-refractivity contribution in [3.05, 3.63) is 28.8 Å². The van der Waals surface area contributed by atoms with Crippen LogP contribution in [0.4, 0.5) is 5.69 Å². The summed E-state index contributed by atoms with van der Waals surface area (Å²) < 4.78 is 0. The number of carbonyl (C=O) groups excluding carboxylic acids is 1. The quantitative estimate of drug-likeness (QED) is 0.788. The summed E-state index contributed by atoms with van der Waals surface area (Å²) in [6.45, 7) is 1.66. The van der Waals surface area contributed by atoms with Crippen LogP contribution in [0, 0.1) is 5.92 Å². The third-order valence-electron chi connectivity index (χ3n) is 3.39. The lowest BCUT2D eigenvalue weighted by molar-refractivity contribution is -0.121. The summed E-state index contributed by atoms with van der Waals surface area (Å²) in [5.74, 6) is -1.43. The van der Waals surface area contributed by atoms with Crippen molar-refractivity contribution in [1.82, 2.24) is 0 Å². The summed E-state index contributed by atoms with van der Waals surface area (Å²) >= 11 is 5.83. The van der Waals surface area contributed by atoms with E-state index in [0.29, 0.717) is 0 Å². The van der Waals surface area contributed by atoms with Crippen LogP contribution < -0.4 is 11.1 Å². The Morgan fingerprint density at radius 3 is 2.63 bits per heavy atom. The molecule has 0 spiro atoms. The lowest BCUT2D eigenvalue weighted by Gasteiger charge is -2.23. The molecule has 0 aliphatic heterocycles. The zero-order chi connectivity index (χ0) is 14.2. The fraction of sp³-hybridized carbons (Fsp3) is 0.385. The molecule has 1 aliphatic carbocycles. The molecule has 0 radical (unpaired) electrons. The van der Waals surface area contributed by atoms with E-state index in [0.717, 1.165) is 12.8 Å². The number of carbonyl (C=O) groups is 2. The van der Waals surface area contributed by atoms with Crippen LogP contribution in [0.3, 0.4) is 0 Å². The Kier molecular flexibility index (Phi) is 3.52. The predicted octanol–water partition coefficient (Wildman–Crippen LogP) is 2.10. The van der Waals surface area contributed by atoms with Crippen LogP contribution in [0.15, 0.2) is 18.2 Å². The lowest BCUT2D eigenvalue weighted by atomic mass is 9.96. The molecule has 1 aliphatic rings. The molecule has 1 aromatic carbocycles. The average molecular weight is 283 g/mol. The minimum absolute atomic E-state index is 0.0791. The second-order valence-corrected chi connectivity index (χ2v) is 5.39. The van der Waals surface area contributed by atoms with E-state index in [4.69, 9.17) is 22.4 Å². The first-order chi connectivity index (χ1) is 8.84. The predicted molar refractivity (Wildman–Crippen MR) is 72.4 cm³/mol. The molecule has 102 valence electrons. The number of aromatic carboxylic acids is 1. The van der Waals surface area contributed by atoms with Gasteiger partial charge in [-0.15, -0.1) is 0 Å². The Bertz CT molecular complexity index is 539. The van der Waals surface area contributed by atoms with Gasteiger partial charge in [0, 0.05) is 0 Å². The maximum Gasteiger partial charge on any atom is 0.339 e. The van der Waals surface area contributed by atoms with Crippen molar-refractivity contribution >= 4 is 29.2 Å². The van der Waals surface area contributed by atoms with E-state index in [9.17, 15) is 9.59 Å². The van der Waals surface area contributed by atoms with Crippen molar-refractivity contribution in [1.29, 1.82) is 0 Å². The van der Waals surface area contributed by atoms with Gasteiger partial charge in [-0.3, -0.25) is 4.79 Å². The first-order valence-corrected chi connectivity index (χ1v) is 6.34. The van der Waals surface area contributed by atoms with Gasteiger partial charge in [-0.05, 0) is 37.8 Å². The molecule has 19 heavy (non-hydrogen) atoms. The maximum atomic E-state index is 12.1. The zero-order valence-electron chi connectivity index (χ0n) is 10.4. The fourth-order valence-electron chi connectivity index (χ4n) is 1.97. The SMILES string of the molecule is CC(N)(C(=O)Nc1cccc(Cl)c1C(=O)O)C1CC1. The molecule has 1 unspecified atom stereocenters. The van der Waals surface area contributed by atoms with Crippen LogP contribution in [0.1, 0.15) is 30.1 Å². The molecule has 1 saturated carbocycles. The van der Waals surface area contributed by atoms with Gasteiger partial charge in [-0.2, -0.15) is 0 Å². The van der Waals surface area contributed by atoms with Crippen molar-refractivity contribution in [3.8, 4) is 0 Å². The number of amides is 1. The minimum Gasteiger partial charge on any atom is -0.478 e. The summed E-state index contributed by atoms with van der Waals surface area (Å²) in [4.78, 5) is 23.3. The van der Waals surface area contributed by atoms with Crippen molar-refractivity contribution in [2.75, 3.05) is 5.32 Å². The van der Waals surface area contributed by atoms with Crippen molar-refractivity contribution in [2.24, 2.45) is 11.7 Å². The van der Waals surface area contributed by atoms with Gasteiger partial charge in [-0.25, -0.2) is 4.79 Å².